The monoisotopic (exact) mass is 576 g/mol. The molecule has 2 atom stereocenters. The minimum absolute atomic E-state index is 0.114. The zero-order valence-electron chi connectivity index (χ0n) is 23.5. The standard InChI is InChI=1S/C30H36N6O4S/c1-18-27(30(40)36(34(18)2)21-8-4-3-5-9-21)33-28(39)26-22-10-6-7-11-23(22)41-29(26)32-25(38)17-35-13-12-19(16-35)20-14-24(37)31-15-20/h3-5,8-9,19-20H,6-7,10-17H2,1-2H3,(H,31,37)(H,32,38)(H,33,39). The molecule has 216 valence electrons. The van der Waals surface area contributed by atoms with Crippen molar-refractivity contribution >= 4 is 39.7 Å². The van der Waals surface area contributed by atoms with Crippen molar-refractivity contribution in [1.82, 2.24) is 19.6 Å². The number of hydrogen-bond acceptors (Lipinski definition) is 6. The molecule has 1 aromatic carbocycles. The van der Waals surface area contributed by atoms with Crippen LogP contribution in [0.4, 0.5) is 10.7 Å². The third-order valence-electron chi connectivity index (χ3n) is 8.80. The van der Waals surface area contributed by atoms with Crippen molar-refractivity contribution in [3.8, 4) is 5.69 Å². The van der Waals surface area contributed by atoms with Gasteiger partial charge in [0.05, 0.1) is 23.5 Å². The van der Waals surface area contributed by atoms with E-state index < -0.39 is 0 Å². The highest BCUT2D eigenvalue weighted by molar-refractivity contribution is 7.17. The maximum atomic E-state index is 13.8. The van der Waals surface area contributed by atoms with Crippen molar-refractivity contribution in [2.75, 3.05) is 36.8 Å². The van der Waals surface area contributed by atoms with Gasteiger partial charge in [-0.2, -0.15) is 0 Å². The average molecular weight is 577 g/mol. The molecule has 6 rings (SSSR count). The average Bonchev–Trinajstić information content (AvgIpc) is 3.72. The molecule has 1 aliphatic carbocycles. The lowest BCUT2D eigenvalue weighted by atomic mass is 9.91. The van der Waals surface area contributed by atoms with E-state index in [0.717, 1.165) is 62.2 Å². The van der Waals surface area contributed by atoms with Crippen LogP contribution >= 0.6 is 11.3 Å². The Bertz CT molecular complexity index is 1550. The number of aryl methyl sites for hydroxylation is 1. The van der Waals surface area contributed by atoms with Crippen molar-refractivity contribution in [1.29, 1.82) is 0 Å². The van der Waals surface area contributed by atoms with E-state index in [4.69, 9.17) is 0 Å². The third-order valence-corrected chi connectivity index (χ3v) is 10.0. The lowest BCUT2D eigenvalue weighted by Gasteiger charge is -2.18. The van der Waals surface area contributed by atoms with E-state index in [2.05, 4.69) is 20.9 Å². The van der Waals surface area contributed by atoms with E-state index in [1.165, 1.54) is 16.0 Å². The summed E-state index contributed by atoms with van der Waals surface area (Å²) in [4.78, 5) is 55.4. The number of carbonyl (C=O) groups excluding carboxylic acids is 3. The maximum absolute atomic E-state index is 13.8. The maximum Gasteiger partial charge on any atom is 0.295 e. The van der Waals surface area contributed by atoms with Gasteiger partial charge < -0.3 is 16.0 Å². The molecule has 0 bridgehead atoms. The van der Waals surface area contributed by atoms with Gasteiger partial charge in [-0.05, 0) is 75.1 Å². The lowest BCUT2D eigenvalue weighted by molar-refractivity contribution is -0.119. The summed E-state index contributed by atoms with van der Waals surface area (Å²) in [7, 11) is 1.79. The number of hydrogen-bond donors (Lipinski definition) is 3. The minimum atomic E-state index is -0.370. The Balaban J connectivity index is 1.20. The SMILES string of the molecule is Cc1c(NC(=O)c2c(NC(=O)CN3CCC(C4CNC(=O)C4)C3)sc3c2CCCC3)c(=O)n(-c2ccccc2)n1C. The van der Waals surface area contributed by atoms with Gasteiger partial charge in [0, 0.05) is 31.4 Å². The largest absolute Gasteiger partial charge is 0.356 e. The molecule has 3 N–H and O–H groups in total. The molecule has 3 aromatic rings. The second-order valence-electron chi connectivity index (χ2n) is 11.4. The van der Waals surface area contributed by atoms with Crippen LogP contribution in [0.5, 0.6) is 0 Å². The number of likely N-dealkylation sites (tertiary alicyclic amines) is 1. The van der Waals surface area contributed by atoms with Crippen LogP contribution in [0.2, 0.25) is 0 Å². The number of para-hydroxylation sites is 1. The number of anilines is 2. The number of rotatable bonds is 7. The molecule has 10 nitrogen and oxygen atoms in total. The van der Waals surface area contributed by atoms with Crippen LogP contribution in [0.15, 0.2) is 35.1 Å². The molecule has 41 heavy (non-hydrogen) atoms. The predicted octanol–water partition coefficient (Wildman–Crippen LogP) is 3.07. The van der Waals surface area contributed by atoms with Gasteiger partial charge >= 0.3 is 0 Å². The van der Waals surface area contributed by atoms with Crippen LogP contribution in [-0.4, -0.2) is 58.2 Å². The number of nitrogens with one attached hydrogen (secondary N) is 3. The smallest absolute Gasteiger partial charge is 0.295 e. The number of thiophene rings is 1. The quantitative estimate of drug-likeness (QED) is 0.400. The summed E-state index contributed by atoms with van der Waals surface area (Å²) in [6, 6.07) is 9.32. The van der Waals surface area contributed by atoms with E-state index in [-0.39, 0.29) is 35.5 Å². The molecule has 2 fully saturated rings. The highest BCUT2D eigenvalue weighted by Gasteiger charge is 2.35. The minimum Gasteiger partial charge on any atom is -0.356 e. The summed E-state index contributed by atoms with van der Waals surface area (Å²) in [5.41, 5.74) is 2.74. The second kappa shape index (κ2) is 11.3. The first-order valence-corrected chi connectivity index (χ1v) is 15.2. The highest BCUT2D eigenvalue weighted by Crippen LogP contribution is 2.39. The van der Waals surface area contributed by atoms with Crippen molar-refractivity contribution in [2.24, 2.45) is 18.9 Å². The fraction of sp³-hybridized carbons (Fsp3) is 0.467. The molecule has 2 aliphatic heterocycles. The van der Waals surface area contributed by atoms with E-state index >= 15 is 0 Å². The molecular formula is C30H36N6O4S. The second-order valence-corrected chi connectivity index (χ2v) is 12.5. The molecule has 11 heteroatoms. The molecule has 0 saturated carbocycles. The first-order valence-electron chi connectivity index (χ1n) is 14.4. The van der Waals surface area contributed by atoms with Crippen LogP contribution in [-0.2, 0) is 29.5 Å². The van der Waals surface area contributed by atoms with Crippen molar-refractivity contribution in [2.45, 2.75) is 45.4 Å². The van der Waals surface area contributed by atoms with Crippen molar-refractivity contribution in [3.63, 3.8) is 0 Å². The van der Waals surface area contributed by atoms with Gasteiger partial charge in [0.15, 0.2) is 0 Å². The Morgan fingerprint density at radius 2 is 1.85 bits per heavy atom. The Hall–Kier alpha value is -3.70. The topological polar surface area (TPSA) is 117 Å². The summed E-state index contributed by atoms with van der Waals surface area (Å²) in [6.07, 6.45) is 5.23. The summed E-state index contributed by atoms with van der Waals surface area (Å²) < 4.78 is 3.28. The number of nitrogens with zero attached hydrogens (tertiary/aromatic N) is 3. The first-order chi connectivity index (χ1) is 19.8. The molecule has 2 aromatic heterocycles. The van der Waals surface area contributed by atoms with Gasteiger partial charge in [-0.3, -0.25) is 28.8 Å². The Kier molecular flexibility index (Phi) is 7.56. The number of carbonyl (C=O) groups is 3. The van der Waals surface area contributed by atoms with Crippen LogP contribution in [0.3, 0.4) is 0 Å². The van der Waals surface area contributed by atoms with E-state index in [0.29, 0.717) is 40.2 Å². The van der Waals surface area contributed by atoms with Gasteiger partial charge in [0.2, 0.25) is 11.8 Å². The summed E-state index contributed by atoms with van der Waals surface area (Å²) in [6.45, 7) is 4.39. The molecule has 0 spiro atoms. The molecule has 3 amide bonds. The van der Waals surface area contributed by atoms with Gasteiger partial charge in [0.25, 0.3) is 11.5 Å². The summed E-state index contributed by atoms with van der Waals surface area (Å²) in [5.74, 6) is 0.337. The van der Waals surface area contributed by atoms with E-state index in [1.807, 2.05) is 37.3 Å². The number of aromatic nitrogens is 2. The number of amides is 3. The third kappa shape index (κ3) is 5.36. The zero-order chi connectivity index (χ0) is 28.7. The zero-order valence-corrected chi connectivity index (χ0v) is 24.3. The predicted molar refractivity (Wildman–Crippen MR) is 159 cm³/mol. The van der Waals surface area contributed by atoms with E-state index in [1.54, 1.807) is 11.7 Å². The van der Waals surface area contributed by atoms with Crippen LogP contribution in [0.1, 0.15) is 52.2 Å². The Morgan fingerprint density at radius 1 is 1.07 bits per heavy atom. The van der Waals surface area contributed by atoms with Crippen molar-refractivity contribution < 1.29 is 14.4 Å². The molecule has 2 unspecified atom stereocenters. The van der Waals surface area contributed by atoms with Gasteiger partial charge in [0.1, 0.15) is 10.7 Å². The highest BCUT2D eigenvalue weighted by atomic mass is 32.1. The molecule has 3 aliphatic rings. The molecule has 2 saturated heterocycles. The molecule has 0 radical (unpaired) electrons. The molecular weight excluding hydrogens is 540 g/mol. The van der Waals surface area contributed by atoms with Crippen LogP contribution in [0.25, 0.3) is 5.69 Å². The normalized spacial score (nSPS) is 20.6. The first kappa shape index (κ1) is 27.5. The fourth-order valence-electron chi connectivity index (χ4n) is 6.50. The fourth-order valence-corrected chi connectivity index (χ4v) is 7.81. The van der Waals surface area contributed by atoms with Crippen LogP contribution in [0, 0.1) is 18.8 Å². The van der Waals surface area contributed by atoms with E-state index in [9.17, 15) is 19.2 Å². The number of benzene rings is 1. The van der Waals surface area contributed by atoms with Crippen LogP contribution < -0.4 is 21.5 Å². The Labute approximate surface area is 242 Å². The van der Waals surface area contributed by atoms with Gasteiger partial charge in [-0.15, -0.1) is 11.3 Å². The summed E-state index contributed by atoms with van der Waals surface area (Å²) >= 11 is 1.48. The van der Waals surface area contributed by atoms with Gasteiger partial charge in [-0.1, -0.05) is 18.2 Å². The summed E-state index contributed by atoms with van der Waals surface area (Å²) in [5, 5.41) is 9.42. The number of fused-ring (bicyclic) bond motifs is 1. The Morgan fingerprint density at radius 3 is 2.61 bits per heavy atom. The van der Waals surface area contributed by atoms with Gasteiger partial charge in [-0.25, -0.2) is 4.68 Å². The molecule has 4 heterocycles. The van der Waals surface area contributed by atoms with Crippen molar-refractivity contribution in [3.05, 3.63) is 62.4 Å². The lowest BCUT2D eigenvalue weighted by Crippen LogP contribution is -2.33.